The first-order valence-electron chi connectivity index (χ1n) is 12.9. The number of carbonyl (C=O) groups excluding carboxylic acids is 1. The quantitative estimate of drug-likeness (QED) is 0.420. The fourth-order valence-electron chi connectivity index (χ4n) is 9.45. The molecule has 4 rings (SSSR count). The van der Waals surface area contributed by atoms with Crippen molar-refractivity contribution in [2.45, 2.75) is 104 Å². The van der Waals surface area contributed by atoms with E-state index in [9.17, 15) is 28.5 Å². The molecule has 0 aliphatic heterocycles. The van der Waals surface area contributed by atoms with Gasteiger partial charge in [-0.05, 0) is 91.8 Å². The standard InChI is InChI=1S/C25H42O8S/c1-14(5-8-22(29)33-34(30,31)32)17-6-7-18-24(17,3)21(28)13-19-23(2)10-9-16(26)11-15(23)12-20(27)25(18,19)4/h14-21,26-28H,5-13H2,1-4H3,(H,30,31,32)/t14-,15+,16-,17-,18-,19-,20-,21+,23+,24-,25+/m1/s1. The third-order valence-electron chi connectivity index (χ3n) is 11.2. The predicted molar refractivity (Wildman–Crippen MR) is 125 cm³/mol. The molecule has 0 amide bonds. The zero-order valence-electron chi connectivity index (χ0n) is 20.8. The van der Waals surface area contributed by atoms with Crippen LogP contribution in [-0.2, 0) is 19.4 Å². The molecule has 9 heteroatoms. The smallest absolute Gasteiger partial charge is 0.393 e. The number of carbonyl (C=O) groups is 1. The van der Waals surface area contributed by atoms with Crippen LogP contribution in [0.25, 0.3) is 0 Å². The summed E-state index contributed by atoms with van der Waals surface area (Å²) in [7, 11) is -4.81. The van der Waals surface area contributed by atoms with E-state index in [2.05, 4.69) is 25.0 Å². The van der Waals surface area contributed by atoms with Gasteiger partial charge in [0.15, 0.2) is 0 Å². The van der Waals surface area contributed by atoms with E-state index in [1.807, 2.05) is 6.92 Å². The van der Waals surface area contributed by atoms with Crippen LogP contribution in [0.1, 0.15) is 85.5 Å². The van der Waals surface area contributed by atoms with Crippen molar-refractivity contribution in [3.63, 3.8) is 0 Å². The van der Waals surface area contributed by atoms with Crippen molar-refractivity contribution < 1.29 is 37.3 Å². The van der Waals surface area contributed by atoms with Gasteiger partial charge in [-0.25, -0.2) is 0 Å². The van der Waals surface area contributed by atoms with Gasteiger partial charge >= 0.3 is 16.4 Å². The third kappa shape index (κ3) is 4.03. The van der Waals surface area contributed by atoms with E-state index in [0.717, 1.165) is 32.1 Å². The summed E-state index contributed by atoms with van der Waals surface area (Å²) in [6, 6.07) is 0. The monoisotopic (exact) mass is 502 g/mol. The Morgan fingerprint density at radius 1 is 0.971 bits per heavy atom. The van der Waals surface area contributed by atoms with Gasteiger partial charge in [0, 0.05) is 11.8 Å². The molecule has 0 heterocycles. The molecule has 4 fully saturated rings. The molecule has 0 aromatic carbocycles. The van der Waals surface area contributed by atoms with Crippen molar-refractivity contribution in [2.75, 3.05) is 0 Å². The van der Waals surface area contributed by atoms with Crippen LogP contribution in [-0.4, -0.2) is 52.6 Å². The highest BCUT2D eigenvalue weighted by molar-refractivity contribution is 7.81. The average molecular weight is 503 g/mol. The Balaban J connectivity index is 1.57. The molecule has 0 saturated heterocycles. The summed E-state index contributed by atoms with van der Waals surface area (Å²) in [5.74, 6) is -0.265. The second kappa shape index (κ2) is 8.68. The van der Waals surface area contributed by atoms with Crippen LogP contribution in [0.5, 0.6) is 0 Å². The summed E-state index contributed by atoms with van der Waals surface area (Å²) in [5.41, 5.74) is -0.769. The molecule has 196 valence electrons. The first-order valence-corrected chi connectivity index (χ1v) is 14.2. The zero-order chi connectivity index (χ0) is 25.3. The van der Waals surface area contributed by atoms with Crippen LogP contribution in [0, 0.1) is 45.8 Å². The summed E-state index contributed by atoms with van der Waals surface area (Å²) in [4.78, 5) is 11.8. The van der Waals surface area contributed by atoms with Gasteiger partial charge in [-0.3, -0.25) is 9.35 Å². The van der Waals surface area contributed by atoms with Crippen molar-refractivity contribution in [2.24, 2.45) is 45.8 Å². The normalized spacial score (nSPS) is 49.5. The van der Waals surface area contributed by atoms with Gasteiger partial charge in [0.2, 0.25) is 0 Å². The van der Waals surface area contributed by atoms with Crippen molar-refractivity contribution in [3.8, 4) is 0 Å². The molecule has 4 aliphatic rings. The lowest BCUT2D eigenvalue weighted by Gasteiger charge is -2.68. The number of hydrogen-bond donors (Lipinski definition) is 4. The number of fused-ring (bicyclic) bond motifs is 5. The number of aliphatic hydroxyl groups is 3. The highest BCUT2D eigenvalue weighted by Gasteiger charge is 2.70. The van der Waals surface area contributed by atoms with E-state index in [1.54, 1.807) is 0 Å². The molecular formula is C25H42O8S. The Hall–Kier alpha value is -0.740. The topological polar surface area (TPSA) is 141 Å². The lowest BCUT2D eigenvalue weighted by molar-refractivity contribution is -0.251. The Bertz CT molecular complexity index is 907. The maximum Gasteiger partial charge on any atom is 0.448 e. The SMILES string of the molecule is C[C@H](CCC(=O)OS(=O)(=O)O)[C@H]1CC[C@@H]2[C@]1(C)[C@@H](O)C[C@@H]1[C@@]3(C)CC[C@@H](O)C[C@H]3C[C@@H](O)[C@@]21C. The molecule has 0 aromatic heterocycles. The van der Waals surface area contributed by atoms with Gasteiger partial charge in [0.1, 0.15) is 0 Å². The van der Waals surface area contributed by atoms with E-state index in [4.69, 9.17) is 4.55 Å². The maximum absolute atomic E-state index is 11.8. The van der Waals surface area contributed by atoms with E-state index < -0.39 is 34.0 Å². The van der Waals surface area contributed by atoms with Crippen LogP contribution in [0.4, 0.5) is 0 Å². The van der Waals surface area contributed by atoms with Gasteiger partial charge in [0.05, 0.1) is 18.3 Å². The highest BCUT2D eigenvalue weighted by Crippen LogP contribution is 2.72. The van der Waals surface area contributed by atoms with Crippen LogP contribution < -0.4 is 0 Å². The average Bonchev–Trinajstić information content (AvgIpc) is 3.09. The molecule has 4 saturated carbocycles. The first-order chi connectivity index (χ1) is 15.6. The zero-order valence-corrected chi connectivity index (χ0v) is 21.6. The van der Waals surface area contributed by atoms with Gasteiger partial charge in [-0.1, -0.05) is 27.7 Å². The molecule has 8 nitrogen and oxygen atoms in total. The Morgan fingerprint density at radius 2 is 1.62 bits per heavy atom. The number of aliphatic hydroxyl groups excluding tert-OH is 3. The van der Waals surface area contributed by atoms with Gasteiger partial charge in [-0.2, -0.15) is 8.42 Å². The Labute approximate surface area is 203 Å². The molecule has 0 spiro atoms. The molecule has 34 heavy (non-hydrogen) atoms. The molecule has 0 radical (unpaired) electrons. The lowest BCUT2D eigenvalue weighted by atomic mass is 9.38. The van der Waals surface area contributed by atoms with Crippen LogP contribution in [0.3, 0.4) is 0 Å². The fraction of sp³-hybridized carbons (Fsp3) is 0.960. The lowest BCUT2D eigenvalue weighted by Crippen LogP contribution is -2.67. The molecule has 11 atom stereocenters. The highest BCUT2D eigenvalue weighted by atomic mass is 32.3. The fourth-order valence-corrected chi connectivity index (χ4v) is 9.77. The second-order valence-corrected chi connectivity index (χ2v) is 13.6. The van der Waals surface area contributed by atoms with E-state index in [1.165, 1.54) is 0 Å². The van der Waals surface area contributed by atoms with Gasteiger partial charge < -0.3 is 19.5 Å². The van der Waals surface area contributed by atoms with Crippen molar-refractivity contribution in [3.05, 3.63) is 0 Å². The largest absolute Gasteiger partial charge is 0.448 e. The molecule has 4 aliphatic carbocycles. The second-order valence-electron chi connectivity index (χ2n) is 12.6. The number of rotatable bonds is 5. The van der Waals surface area contributed by atoms with E-state index >= 15 is 0 Å². The number of hydrogen-bond acceptors (Lipinski definition) is 7. The van der Waals surface area contributed by atoms with Gasteiger partial charge in [-0.15, -0.1) is 0 Å². The molecule has 0 bridgehead atoms. The van der Waals surface area contributed by atoms with Crippen LogP contribution in [0.2, 0.25) is 0 Å². The van der Waals surface area contributed by atoms with Crippen molar-refractivity contribution in [1.82, 2.24) is 0 Å². The summed E-state index contributed by atoms with van der Waals surface area (Å²) in [5, 5.41) is 33.5. The summed E-state index contributed by atoms with van der Waals surface area (Å²) in [6.45, 7) is 8.70. The van der Waals surface area contributed by atoms with Gasteiger partial charge in [0.25, 0.3) is 0 Å². The van der Waals surface area contributed by atoms with Crippen molar-refractivity contribution in [1.29, 1.82) is 0 Å². The summed E-state index contributed by atoms with van der Waals surface area (Å²) >= 11 is 0. The minimum Gasteiger partial charge on any atom is -0.393 e. The predicted octanol–water partition coefficient (Wildman–Crippen LogP) is 3.10. The maximum atomic E-state index is 11.8. The molecule has 0 aromatic rings. The summed E-state index contributed by atoms with van der Waals surface area (Å²) in [6.07, 6.45) is 4.42. The summed E-state index contributed by atoms with van der Waals surface area (Å²) < 4.78 is 34.4. The van der Waals surface area contributed by atoms with E-state index in [-0.39, 0.29) is 52.9 Å². The minimum atomic E-state index is -4.81. The van der Waals surface area contributed by atoms with Crippen molar-refractivity contribution >= 4 is 16.4 Å². The first kappa shape index (κ1) is 26.3. The van der Waals surface area contributed by atoms with E-state index in [0.29, 0.717) is 19.3 Å². The molecule has 0 unspecified atom stereocenters. The Kier molecular flexibility index (Phi) is 6.72. The molecular weight excluding hydrogens is 460 g/mol. The minimum absolute atomic E-state index is 0.0151. The third-order valence-corrected chi connectivity index (χ3v) is 11.6. The van der Waals surface area contributed by atoms with Crippen LogP contribution in [0.15, 0.2) is 0 Å². The molecule has 4 N–H and O–H groups in total. The van der Waals surface area contributed by atoms with Crippen LogP contribution >= 0.6 is 0 Å². The Morgan fingerprint density at radius 3 is 2.26 bits per heavy atom.